The molecule has 2 N–H and O–H groups in total. The molecule has 0 radical (unpaired) electrons. The molecule has 1 heterocycles. The highest BCUT2D eigenvalue weighted by molar-refractivity contribution is 7.13. The summed E-state index contributed by atoms with van der Waals surface area (Å²) in [6, 6.07) is 15.9. The number of aromatic nitrogens is 1. The molecule has 5 nitrogen and oxygen atoms in total. The number of nitrogens with zero attached hydrogens (tertiary/aromatic N) is 1. The number of nitrogens with one attached hydrogen (secondary N) is 2. The molecule has 1 amide bonds. The van der Waals surface area contributed by atoms with Gasteiger partial charge in [-0.3, -0.25) is 4.79 Å². The van der Waals surface area contributed by atoms with Crippen LogP contribution in [0.3, 0.4) is 0 Å². The molecule has 28 heavy (non-hydrogen) atoms. The Balaban J connectivity index is 1.53. The Hall–Kier alpha value is -2.70. The van der Waals surface area contributed by atoms with Crippen molar-refractivity contribution in [2.75, 3.05) is 26.0 Å². The van der Waals surface area contributed by atoms with Crippen LogP contribution in [0.15, 0.2) is 53.9 Å². The Morgan fingerprint density at radius 1 is 1.14 bits per heavy atom. The number of carbonyl (C=O) groups excluding carboxylic acids is 1. The summed E-state index contributed by atoms with van der Waals surface area (Å²) in [6.45, 7) is 3.24. The molecular formula is C22H26N3O2S+. The molecule has 146 valence electrons. The predicted molar refractivity (Wildman–Crippen MR) is 114 cm³/mol. The predicted octanol–water partition coefficient (Wildman–Crippen LogP) is 3.03. The summed E-state index contributed by atoms with van der Waals surface area (Å²) in [5.74, 6) is 0.748. The number of ether oxygens (including phenoxy) is 1. The van der Waals surface area contributed by atoms with Crippen LogP contribution < -0.4 is 15.0 Å². The minimum atomic E-state index is -0.0201. The lowest BCUT2D eigenvalue weighted by Crippen LogP contribution is -3.08. The third kappa shape index (κ3) is 5.41. The number of amides is 1. The Bertz CT molecular complexity index is 904. The monoisotopic (exact) mass is 396 g/mol. The van der Waals surface area contributed by atoms with E-state index in [2.05, 4.69) is 41.9 Å². The van der Waals surface area contributed by atoms with E-state index in [9.17, 15) is 4.79 Å². The van der Waals surface area contributed by atoms with E-state index in [-0.39, 0.29) is 5.91 Å². The maximum atomic E-state index is 12.3. The number of methoxy groups -OCH3 is 1. The number of likely N-dealkylation sites (N-methyl/N-ethyl adjacent to an activating group) is 1. The number of rotatable bonds is 8. The van der Waals surface area contributed by atoms with Crippen molar-refractivity contribution in [1.82, 2.24) is 4.98 Å². The largest absolute Gasteiger partial charge is 0.497 e. The van der Waals surface area contributed by atoms with Gasteiger partial charge in [0.25, 0.3) is 5.91 Å². The number of anilines is 1. The molecule has 0 aliphatic carbocycles. The number of hydrogen-bond acceptors (Lipinski definition) is 4. The van der Waals surface area contributed by atoms with E-state index >= 15 is 0 Å². The first-order valence-corrected chi connectivity index (χ1v) is 10.2. The fourth-order valence-corrected chi connectivity index (χ4v) is 3.75. The highest BCUT2D eigenvalue weighted by atomic mass is 32.1. The van der Waals surface area contributed by atoms with Crippen molar-refractivity contribution in [1.29, 1.82) is 0 Å². The van der Waals surface area contributed by atoms with Gasteiger partial charge in [-0.05, 0) is 36.2 Å². The molecule has 1 unspecified atom stereocenters. The molecule has 1 aromatic heterocycles. The van der Waals surface area contributed by atoms with Crippen molar-refractivity contribution in [3.8, 4) is 16.3 Å². The zero-order valence-corrected chi connectivity index (χ0v) is 17.3. The summed E-state index contributed by atoms with van der Waals surface area (Å²) >= 11 is 1.65. The van der Waals surface area contributed by atoms with Crippen molar-refractivity contribution in [3.05, 3.63) is 65.2 Å². The van der Waals surface area contributed by atoms with Gasteiger partial charge >= 0.3 is 0 Å². The standard InChI is InChI=1S/C22H25N3O2S/c1-4-16-5-7-17(8-6-16)22-24-19(15-28-22)13-25(2)14-21(26)23-18-9-11-20(27-3)12-10-18/h5-12,15H,4,13-14H2,1-3H3,(H,23,26)/p+1. The number of thiazole rings is 1. The summed E-state index contributed by atoms with van der Waals surface area (Å²) in [4.78, 5) is 18.1. The fourth-order valence-electron chi connectivity index (χ4n) is 2.93. The smallest absolute Gasteiger partial charge is 0.279 e. The molecule has 1 atom stereocenters. The molecule has 2 aromatic carbocycles. The van der Waals surface area contributed by atoms with Gasteiger partial charge in [-0.2, -0.15) is 0 Å². The zero-order valence-electron chi connectivity index (χ0n) is 16.5. The van der Waals surface area contributed by atoms with Crippen LogP contribution in [0, 0.1) is 0 Å². The summed E-state index contributed by atoms with van der Waals surface area (Å²) in [5.41, 5.74) is 4.25. The first-order valence-electron chi connectivity index (χ1n) is 9.36. The highest BCUT2D eigenvalue weighted by Gasteiger charge is 2.13. The van der Waals surface area contributed by atoms with Crippen LogP contribution in [0.5, 0.6) is 5.75 Å². The van der Waals surface area contributed by atoms with E-state index in [0.717, 1.165) is 39.0 Å². The fraction of sp³-hybridized carbons (Fsp3) is 0.273. The van der Waals surface area contributed by atoms with Crippen molar-refractivity contribution in [2.45, 2.75) is 19.9 Å². The van der Waals surface area contributed by atoms with Gasteiger partial charge in [0.15, 0.2) is 6.54 Å². The van der Waals surface area contributed by atoms with Gasteiger partial charge in [-0.15, -0.1) is 11.3 Å². The van der Waals surface area contributed by atoms with Gasteiger partial charge in [0.05, 0.1) is 14.2 Å². The van der Waals surface area contributed by atoms with Crippen LogP contribution >= 0.6 is 11.3 Å². The average molecular weight is 397 g/mol. The van der Waals surface area contributed by atoms with Gasteiger partial charge in [0, 0.05) is 16.6 Å². The van der Waals surface area contributed by atoms with Gasteiger partial charge in [-0.25, -0.2) is 4.98 Å². The number of benzene rings is 2. The maximum Gasteiger partial charge on any atom is 0.279 e. The average Bonchev–Trinajstić information content (AvgIpc) is 3.16. The molecule has 6 heteroatoms. The Morgan fingerprint density at radius 3 is 2.50 bits per heavy atom. The van der Waals surface area contributed by atoms with E-state index in [0.29, 0.717) is 13.1 Å². The second-order valence-corrected chi connectivity index (χ2v) is 7.64. The van der Waals surface area contributed by atoms with E-state index in [1.165, 1.54) is 5.56 Å². The van der Waals surface area contributed by atoms with Gasteiger partial charge in [0.1, 0.15) is 23.0 Å². The second kappa shape index (κ2) is 9.48. The van der Waals surface area contributed by atoms with Crippen molar-refractivity contribution in [2.24, 2.45) is 0 Å². The number of quaternary nitrogens is 1. The van der Waals surface area contributed by atoms with Gasteiger partial charge < -0.3 is 15.0 Å². The summed E-state index contributed by atoms with van der Waals surface area (Å²) in [5, 5.41) is 6.02. The molecule has 0 aliphatic rings. The molecule has 3 rings (SSSR count). The lowest BCUT2D eigenvalue weighted by molar-refractivity contribution is -0.885. The molecule has 3 aromatic rings. The van der Waals surface area contributed by atoms with E-state index in [1.807, 2.05) is 31.3 Å². The number of carbonyl (C=O) groups is 1. The molecule has 0 fully saturated rings. The minimum absolute atomic E-state index is 0.0201. The van der Waals surface area contributed by atoms with E-state index in [4.69, 9.17) is 9.72 Å². The lowest BCUT2D eigenvalue weighted by atomic mass is 10.1. The van der Waals surface area contributed by atoms with E-state index in [1.54, 1.807) is 18.4 Å². The topological polar surface area (TPSA) is 55.7 Å². The molecule has 0 aliphatic heterocycles. The summed E-state index contributed by atoms with van der Waals surface area (Å²) < 4.78 is 5.13. The summed E-state index contributed by atoms with van der Waals surface area (Å²) in [7, 11) is 3.62. The van der Waals surface area contributed by atoms with Gasteiger partial charge in [-0.1, -0.05) is 31.2 Å². The lowest BCUT2D eigenvalue weighted by Gasteiger charge is -2.12. The maximum absolute atomic E-state index is 12.3. The SMILES string of the molecule is CCc1ccc(-c2nc(C[NH+](C)CC(=O)Nc3ccc(OC)cc3)cs2)cc1. The summed E-state index contributed by atoms with van der Waals surface area (Å²) in [6.07, 6.45) is 1.04. The Morgan fingerprint density at radius 2 is 1.86 bits per heavy atom. The zero-order chi connectivity index (χ0) is 19.9. The van der Waals surface area contributed by atoms with Crippen molar-refractivity contribution in [3.63, 3.8) is 0 Å². The van der Waals surface area contributed by atoms with Crippen molar-refractivity contribution >= 4 is 22.9 Å². The second-order valence-electron chi connectivity index (χ2n) is 6.78. The first kappa shape index (κ1) is 20.0. The number of hydrogen-bond donors (Lipinski definition) is 2. The Kier molecular flexibility index (Phi) is 6.79. The third-order valence-corrected chi connectivity index (χ3v) is 5.42. The molecule has 0 bridgehead atoms. The first-order chi connectivity index (χ1) is 13.6. The number of aryl methyl sites for hydroxylation is 1. The van der Waals surface area contributed by atoms with E-state index < -0.39 is 0 Å². The van der Waals surface area contributed by atoms with Crippen LogP contribution in [0.1, 0.15) is 18.2 Å². The Labute approximate surface area is 170 Å². The van der Waals surface area contributed by atoms with Gasteiger partial charge in [0.2, 0.25) is 0 Å². The van der Waals surface area contributed by atoms with Crippen molar-refractivity contribution < 1.29 is 14.4 Å². The van der Waals surface area contributed by atoms with Crippen LogP contribution in [-0.2, 0) is 17.8 Å². The normalized spacial score (nSPS) is 11.8. The molecular weight excluding hydrogens is 370 g/mol. The highest BCUT2D eigenvalue weighted by Crippen LogP contribution is 2.24. The molecule has 0 saturated carbocycles. The minimum Gasteiger partial charge on any atom is -0.497 e. The van der Waals surface area contributed by atoms with Crippen LogP contribution in [0.2, 0.25) is 0 Å². The van der Waals surface area contributed by atoms with Crippen LogP contribution in [-0.4, -0.2) is 31.6 Å². The third-order valence-electron chi connectivity index (χ3n) is 4.48. The molecule has 0 spiro atoms. The quantitative estimate of drug-likeness (QED) is 0.615. The van der Waals surface area contributed by atoms with Crippen LogP contribution in [0.4, 0.5) is 5.69 Å². The van der Waals surface area contributed by atoms with Crippen LogP contribution in [0.25, 0.3) is 10.6 Å². The molecule has 0 saturated heterocycles.